The van der Waals surface area contributed by atoms with E-state index in [4.69, 9.17) is 0 Å². The molecule has 0 spiro atoms. The van der Waals surface area contributed by atoms with Gasteiger partial charge in [0.1, 0.15) is 0 Å². The lowest BCUT2D eigenvalue weighted by Crippen LogP contribution is -2.55. The van der Waals surface area contributed by atoms with E-state index in [-0.39, 0.29) is 0 Å². The van der Waals surface area contributed by atoms with E-state index in [0.29, 0.717) is 31.6 Å². The molecule has 2 aromatic rings. The molecule has 1 aliphatic heterocycles. The smallest absolute Gasteiger partial charge is 0.245 e. The fourth-order valence-corrected chi connectivity index (χ4v) is 5.40. The van der Waals surface area contributed by atoms with Crippen LogP contribution in [0.4, 0.5) is 5.69 Å². The van der Waals surface area contributed by atoms with Gasteiger partial charge in [0.25, 0.3) is 0 Å². The summed E-state index contributed by atoms with van der Waals surface area (Å²) in [7, 11) is -3.51. The number of fused-ring (bicyclic) bond motifs is 3. The van der Waals surface area contributed by atoms with E-state index in [1.807, 2.05) is 30.3 Å². The van der Waals surface area contributed by atoms with E-state index < -0.39 is 20.5 Å². The summed E-state index contributed by atoms with van der Waals surface area (Å²) in [6.07, 6.45) is 2.59. The highest BCUT2D eigenvalue weighted by Crippen LogP contribution is 2.38. The van der Waals surface area contributed by atoms with E-state index in [2.05, 4.69) is 22.8 Å². The zero-order chi connectivity index (χ0) is 18.4. The first-order valence-corrected chi connectivity index (χ1v) is 10.7. The molecule has 2 aliphatic rings. The number of carbonyl (C=O) groups is 1. The largest absolute Gasteiger partial charge is 0.325 e. The maximum Gasteiger partial charge on any atom is 0.245 e. The van der Waals surface area contributed by atoms with Gasteiger partial charge in [0.2, 0.25) is 5.91 Å². The third-order valence-electron chi connectivity index (χ3n) is 5.59. The summed E-state index contributed by atoms with van der Waals surface area (Å²) in [6.45, 7) is 1.06. The average Bonchev–Trinajstić information content (AvgIpc) is 2.99. The van der Waals surface area contributed by atoms with Crippen molar-refractivity contribution in [3.8, 4) is 11.1 Å². The molecular weight excluding hydrogens is 348 g/mol. The molecule has 0 atom stereocenters. The van der Waals surface area contributed by atoms with Crippen molar-refractivity contribution in [1.29, 1.82) is 0 Å². The van der Waals surface area contributed by atoms with Crippen LogP contribution in [-0.4, -0.2) is 38.4 Å². The Kier molecular flexibility index (Phi) is 4.12. The molecular formula is C20H22N2O3S. The van der Waals surface area contributed by atoms with E-state index in [0.717, 1.165) is 18.2 Å². The van der Waals surface area contributed by atoms with E-state index >= 15 is 0 Å². The Labute approximate surface area is 153 Å². The van der Waals surface area contributed by atoms with E-state index in [9.17, 15) is 13.2 Å². The molecule has 0 bridgehead atoms. The number of piperidine rings is 1. The summed E-state index contributed by atoms with van der Waals surface area (Å²) in [5.74, 6) is -0.419. The van der Waals surface area contributed by atoms with Gasteiger partial charge in [-0.1, -0.05) is 30.3 Å². The molecule has 2 N–H and O–H groups in total. The van der Waals surface area contributed by atoms with Gasteiger partial charge in [-0.05, 0) is 66.7 Å². The lowest BCUT2D eigenvalue weighted by molar-refractivity contribution is -0.119. The molecule has 5 nitrogen and oxygen atoms in total. The van der Waals surface area contributed by atoms with Gasteiger partial charge in [-0.15, -0.1) is 0 Å². The molecule has 0 radical (unpaired) electrons. The maximum atomic E-state index is 12.9. The molecule has 136 valence electrons. The SMILES string of the molecule is CS(=O)(=O)C1(C(=O)Nc2ccc3c(c2)Cc2ccccc2-3)CCNCC1. The van der Waals surface area contributed by atoms with Gasteiger partial charge < -0.3 is 10.6 Å². The first-order chi connectivity index (χ1) is 12.4. The number of hydrogen-bond donors (Lipinski definition) is 2. The number of anilines is 1. The van der Waals surface area contributed by atoms with Gasteiger partial charge in [0.15, 0.2) is 14.6 Å². The van der Waals surface area contributed by atoms with Gasteiger partial charge in [0.05, 0.1) is 0 Å². The van der Waals surface area contributed by atoms with Crippen LogP contribution in [-0.2, 0) is 21.1 Å². The van der Waals surface area contributed by atoms with Gasteiger partial charge in [-0.3, -0.25) is 4.79 Å². The Bertz CT molecular complexity index is 976. The molecule has 1 fully saturated rings. The topological polar surface area (TPSA) is 75.3 Å². The Balaban J connectivity index is 1.62. The van der Waals surface area contributed by atoms with Crippen molar-refractivity contribution in [1.82, 2.24) is 5.32 Å². The van der Waals surface area contributed by atoms with Gasteiger partial charge >= 0.3 is 0 Å². The third-order valence-corrected chi connectivity index (χ3v) is 7.60. The lowest BCUT2D eigenvalue weighted by Gasteiger charge is -2.34. The predicted octanol–water partition coefficient (Wildman–Crippen LogP) is 2.36. The second kappa shape index (κ2) is 6.21. The zero-order valence-electron chi connectivity index (χ0n) is 14.7. The fourth-order valence-electron chi connectivity index (χ4n) is 4.06. The molecule has 0 unspecified atom stereocenters. The highest BCUT2D eigenvalue weighted by Gasteiger charge is 2.48. The molecule has 2 aromatic carbocycles. The molecule has 6 heteroatoms. The van der Waals surface area contributed by atoms with Crippen molar-refractivity contribution in [3.63, 3.8) is 0 Å². The molecule has 1 heterocycles. The second-order valence-corrected chi connectivity index (χ2v) is 9.50. The van der Waals surface area contributed by atoms with Crippen molar-refractivity contribution in [2.24, 2.45) is 0 Å². The van der Waals surface area contributed by atoms with Crippen molar-refractivity contribution < 1.29 is 13.2 Å². The van der Waals surface area contributed by atoms with Crippen LogP contribution >= 0.6 is 0 Å². The highest BCUT2D eigenvalue weighted by atomic mass is 32.2. The van der Waals surface area contributed by atoms with Crippen LogP contribution in [0.2, 0.25) is 0 Å². The Hall–Kier alpha value is -2.18. The zero-order valence-corrected chi connectivity index (χ0v) is 15.5. The van der Waals surface area contributed by atoms with Crippen LogP contribution < -0.4 is 10.6 Å². The fraction of sp³-hybridized carbons (Fsp3) is 0.350. The quantitative estimate of drug-likeness (QED) is 0.742. The number of benzene rings is 2. The van der Waals surface area contributed by atoms with Gasteiger partial charge in [-0.2, -0.15) is 0 Å². The number of rotatable bonds is 3. The normalized spacial score (nSPS) is 18.0. The van der Waals surface area contributed by atoms with Gasteiger partial charge in [0, 0.05) is 11.9 Å². The second-order valence-electron chi connectivity index (χ2n) is 7.18. The monoisotopic (exact) mass is 370 g/mol. The van der Waals surface area contributed by atoms with Crippen molar-refractivity contribution in [2.45, 2.75) is 24.0 Å². The summed E-state index contributed by atoms with van der Waals surface area (Å²) < 4.78 is 23.4. The van der Waals surface area contributed by atoms with Crippen molar-refractivity contribution >= 4 is 21.4 Å². The third kappa shape index (κ3) is 2.73. The minimum absolute atomic E-state index is 0.300. The first-order valence-electron chi connectivity index (χ1n) is 8.84. The molecule has 1 saturated heterocycles. The summed E-state index contributed by atoms with van der Waals surface area (Å²) in [5.41, 5.74) is 5.49. The summed E-state index contributed by atoms with van der Waals surface area (Å²) in [6, 6.07) is 14.1. The molecule has 26 heavy (non-hydrogen) atoms. The minimum Gasteiger partial charge on any atom is -0.325 e. The highest BCUT2D eigenvalue weighted by molar-refractivity contribution is 7.92. The molecule has 0 saturated carbocycles. The Morgan fingerprint density at radius 1 is 1.04 bits per heavy atom. The molecule has 0 aromatic heterocycles. The number of nitrogens with one attached hydrogen (secondary N) is 2. The van der Waals surface area contributed by atoms with Crippen LogP contribution in [0.3, 0.4) is 0 Å². The van der Waals surface area contributed by atoms with Gasteiger partial charge in [-0.25, -0.2) is 8.42 Å². The molecule has 4 rings (SSSR count). The molecule has 1 aliphatic carbocycles. The molecule has 1 amide bonds. The average molecular weight is 370 g/mol. The predicted molar refractivity (Wildman–Crippen MR) is 103 cm³/mol. The van der Waals surface area contributed by atoms with Crippen LogP contribution in [0.15, 0.2) is 42.5 Å². The van der Waals surface area contributed by atoms with Crippen molar-refractivity contribution in [3.05, 3.63) is 53.6 Å². The van der Waals surface area contributed by atoms with Crippen LogP contribution in [0, 0.1) is 0 Å². The number of carbonyl (C=O) groups excluding carboxylic acids is 1. The number of sulfone groups is 1. The van der Waals surface area contributed by atoms with E-state index in [1.165, 1.54) is 16.7 Å². The van der Waals surface area contributed by atoms with E-state index in [1.54, 1.807) is 0 Å². The van der Waals surface area contributed by atoms with Crippen LogP contribution in [0.25, 0.3) is 11.1 Å². The standard InChI is InChI=1S/C20H22N2O3S/c1-26(24,25)20(8-10-21-11-9-20)19(23)22-16-6-7-18-15(13-16)12-14-4-2-3-5-17(14)18/h2-7,13,21H,8-12H2,1H3,(H,22,23). The summed E-state index contributed by atoms with van der Waals surface area (Å²) in [5, 5.41) is 6.00. The van der Waals surface area contributed by atoms with Crippen molar-refractivity contribution in [2.75, 3.05) is 24.7 Å². The minimum atomic E-state index is -3.51. The first kappa shape index (κ1) is 17.2. The Morgan fingerprint density at radius 2 is 1.73 bits per heavy atom. The van der Waals surface area contributed by atoms with Crippen LogP contribution in [0.5, 0.6) is 0 Å². The van der Waals surface area contributed by atoms with Crippen LogP contribution in [0.1, 0.15) is 24.0 Å². The summed E-state index contributed by atoms with van der Waals surface area (Å²) >= 11 is 0. The maximum absolute atomic E-state index is 12.9. The Morgan fingerprint density at radius 3 is 2.46 bits per heavy atom. The summed E-state index contributed by atoms with van der Waals surface area (Å²) in [4.78, 5) is 12.9. The number of amides is 1. The lowest BCUT2D eigenvalue weighted by atomic mass is 9.95. The number of hydrogen-bond acceptors (Lipinski definition) is 4.